The summed E-state index contributed by atoms with van der Waals surface area (Å²) in [4.78, 5) is 11.4. The van der Waals surface area contributed by atoms with Crippen LogP contribution in [0.3, 0.4) is 0 Å². The molecule has 0 spiro atoms. The van der Waals surface area contributed by atoms with Crippen molar-refractivity contribution in [2.45, 2.75) is 0 Å². The molecule has 6 nitrogen and oxygen atoms in total. The van der Waals surface area contributed by atoms with Crippen LogP contribution < -0.4 is 5.32 Å². The molecule has 0 radical (unpaired) electrons. The first-order valence-electron chi connectivity index (χ1n) is 8.34. The second-order valence-corrected chi connectivity index (χ2v) is 5.86. The van der Waals surface area contributed by atoms with E-state index in [1.54, 1.807) is 6.20 Å². The summed E-state index contributed by atoms with van der Waals surface area (Å²) in [7, 11) is 0. The molecular weight excluding hydrogens is 302 g/mol. The van der Waals surface area contributed by atoms with Crippen LogP contribution in [0.25, 0.3) is 16.7 Å². The van der Waals surface area contributed by atoms with Gasteiger partial charge in [0.05, 0.1) is 18.7 Å². The molecule has 24 heavy (non-hydrogen) atoms. The van der Waals surface area contributed by atoms with Gasteiger partial charge in [-0.2, -0.15) is 4.98 Å². The Bertz CT molecular complexity index is 810. The Morgan fingerprint density at radius 3 is 2.88 bits per heavy atom. The quantitative estimate of drug-likeness (QED) is 0.780. The lowest BCUT2D eigenvalue weighted by molar-refractivity contribution is 0.0398. The van der Waals surface area contributed by atoms with Crippen LogP contribution in [0.5, 0.6) is 0 Å². The summed E-state index contributed by atoms with van der Waals surface area (Å²) in [6.45, 7) is 5.45. The number of hydrogen-bond donors (Lipinski definition) is 1. The van der Waals surface area contributed by atoms with E-state index in [9.17, 15) is 0 Å². The molecule has 0 aliphatic carbocycles. The fourth-order valence-electron chi connectivity index (χ4n) is 3.00. The Morgan fingerprint density at radius 2 is 1.96 bits per heavy atom. The predicted octanol–water partition coefficient (Wildman–Crippen LogP) is 2.16. The standard InChI is InChI=1S/C18H21N5O/c1-2-4-16-15(3-1)6-9-23(16)17-5-7-19-18(21-17)20-8-10-22-11-13-24-14-12-22/h1-7,9H,8,10-14H2,(H,19,20,21). The lowest BCUT2D eigenvalue weighted by atomic mass is 10.2. The molecule has 124 valence electrons. The van der Waals surface area contributed by atoms with E-state index in [1.807, 2.05) is 24.4 Å². The first-order chi connectivity index (χ1) is 11.9. The average Bonchev–Trinajstić information content (AvgIpc) is 3.07. The number of anilines is 1. The Morgan fingerprint density at radius 1 is 1.08 bits per heavy atom. The molecule has 3 aromatic rings. The van der Waals surface area contributed by atoms with E-state index < -0.39 is 0 Å². The molecule has 4 rings (SSSR count). The third-order valence-corrected chi connectivity index (χ3v) is 4.30. The van der Waals surface area contributed by atoms with Crippen molar-refractivity contribution in [2.24, 2.45) is 0 Å². The van der Waals surface area contributed by atoms with E-state index in [0.717, 1.165) is 50.7 Å². The lowest BCUT2D eigenvalue weighted by Crippen LogP contribution is -2.39. The second-order valence-electron chi connectivity index (χ2n) is 5.86. The SMILES string of the molecule is c1ccc2c(c1)ccn2-c1ccnc(NCCN2CCOCC2)n1. The topological polar surface area (TPSA) is 55.2 Å². The largest absolute Gasteiger partial charge is 0.379 e. The molecule has 0 amide bonds. The molecule has 2 aromatic heterocycles. The number of fused-ring (bicyclic) bond motifs is 1. The minimum Gasteiger partial charge on any atom is -0.379 e. The van der Waals surface area contributed by atoms with Gasteiger partial charge in [0.15, 0.2) is 0 Å². The third-order valence-electron chi connectivity index (χ3n) is 4.30. The van der Waals surface area contributed by atoms with Gasteiger partial charge >= 0.3 is 0 Å². The van der Waals surface area contributed by atoms with E-state index in [2.05, 4.69) is 43.0 Å². The summed E-state index contributed by atoms with van der Waals surface area (Å²) in [5.41, 5.74) is 1.15. The molecular formula is C18H21N5O. The summed E-state index contributed by atoms with van der Waals surface area (Å²) in [6, 6.07) is 12.3. The van der Waals surface area contributed by atoms with Crippen LogP contribution in [0.1, 0.15) is 0 Å². The number of nitrogens with one attached hydrogen (secondary N) is 1. The first kappa shape index (κ1) is 15.1. The Labute approximate surface area is 141 Å². The maximum absolute atomic E-state index is 5.37. The molecule has 0 atom stereocenters. The molecule has 1 N–H and O–H groups in total. The summed E-state index contributed by atoms with van der Waals surface area (Å²) in [6.07, 6.45) is 3.85. The van der Waals surface area contributed by atoms with Gasteiger partial charge in [-0.3, -0.25) is 4.90 Å². The molecule has 0 bridgehead atoms. The Balaban J connectivity index is 1.45. The minimum atomic E-state index is 0.665. The van der Waals surface area contributed by atoms with E-state index in [-0.39, 0.29) is 0 Å². The number of nitrogens with zero attached hydrogens (tertiary/aromatic N) is 4. The molecule has 1 fully saturated rings. The highest BCUT2D eigenvalue weighted by Gasteiger charge is 2.10. The van der Waals surface area contributed by atoms with Crippen LogP contribution in [-0.4, -0.2) is 58.8 Å². The highest BCUT2D eigenvalue weighted by atomic mass is 16.5. The van der Waals surface area contributed by atoms with Crippen molar-refractivity contribution in [3.8, 4) is 5.82 Å². The third kappa shape index (κ3) is 3.25. The number of hydrogen-bond acceptors (Lipinski definition) is 5. The molecule has 0 saturated carbocycles. The molecule has 1 aliphatic rings. The second kappa shape index (κ2) is 6.98. The van der Waals surface area contributed by atoms with Crippen molar-refractivity contribution >= 4 is 16.9 Å². The van der Waals surface area contributed by atoms with Crippen LogP contribution in [0.2, 0.25) is 0 Å². The van der Waals surface area contributed by atoms with Crippen molar-refractivity contribution < 1.29 is 4.74 Å². The monoisotopic (exact) mass is 323 g/mol. The highest BCUT2D eigenvalue weighted by molar-refractivity contribution is 5.81. The van der Waals surface area contributed by atoms with Gasteiger partial charge in [-0.1, -0.05) is 18.2 Å². The fraction of sp³-hybridized carbons (Fsp3) is 0.333. The van der Waals surface area contributed by atoms with Gasteiger partial charge in [0.2, 0.25) is 5.95 Å². The van der Waals surface area contributed by atoms with Gasteiger partial charge in [-0.15, -0.1) is 0 Å². The van der Waals surface area contributed by atoms with Crippen molar-refractivity contribution in [2.75, 3.05) is 44.7 Å². The van der Waals surface area contributed by atoms with E-state index >= 15 is 0 Å². The van der Waals surface area contributed by atoms with Crippen molar-refractivity contribution in [1.29, 1.82) is 0 Å². The van der Waals surface area contributed by atoms with Crippen LogP contribution in [-0.2, 0) is 4.74 Å². The zero-order valence-corrected chi connectivity index (χ0v) is 13.6. The molecule has 0 unspecified atom stereocenters. The zero-order valence-electron chi connectivity index (χ0n) is 13.6. The highest BCUT2D eigenvalue weighted by Crippen LogP contribution is 2.19. The zero-order chi connectivity index (χ0) is 16.2. The number of benzene rings is 1. The van der Waals surface area contributed by atoms with Crippen molar-refractivity contribution in [3.63, 3.8) is 0 Å². The van der Waals surface area contributed by atoms with Crippen LogP contribution in [0, 0.1) is 0 Å². The number of morpholine rings is 1. The van der Waals surface area contributed by atoms with E-state index in [1.165, 1.54) is 5.39 Å². The van der Waals surface area contributed by atoms with Gasteiger partial charge in [0.1, 0.15) is 5.82 Å². The molecule has 6 heteroatoms. The molecule has 1 aliphatic heterocycles. The normalized spacial score (nSPS) is 15.7. The predicted molar refractivity (Wildman–Crippen MR) is 94.6 cm³/mol. The average molecular weight is 323 g/mol. The molecule has 3 heterocycles. The fourth-order valence-corrected chi connectivity index (χ4v) is 3.00. The summed E-state index contributed by atoms with van der Waals surface area (Å²) < 4.78 is 7.45. The number of rotatable bonds is 5. The number of para-hydroxylation sites is 1. The van der Waals surface area contributed by atoms with Crippen molar-refractivity contribution in [3.05, 3.63) is 48.8 Å². The van der Waals surface area contributed by atoms with Gasteiger partial charge < -0.3 is 14.6 Å². The van der Waals surface area contributed by atoms with E-state index in [0.29, 0.717) is 5.95 Å². The van der Waals surface area contributed by atoms with Gasteiger partial charge in [-0.05, 0) is 23.6 Å². The van der Waals surface area contributed by atoms with Gasteiger partial charge in [-0.25, -0.2) is 4.98 Å². The summed E-state index contributed by atoms with van der Waals surface area (Å²) >= 11 is 0. The van der Waals surface area contributed by atoms with Crippen LogP contribution in [0.15, 0.2) is 48.8 Å². The summed E-state index contributed by atoms with van der Waals surface area (Å²) in [5.74, 6) is 1.54. The van der Waals surface area contributed by atoms with Gasteiger partial charge in [0.25, 0.3) is 0 Å². The smallest absolute Gasteiger partial charge is 0.224 e. The maximum Gasteiger partial charge on any atom is 0.224 e. The van der Waals surface area contributed by atoms with Gasteiger partial charge in [0, 0.05) is 38.6 Å². The van der Waals surface area contributed by atoms with E-state index in [4.69, 9.17) is 4.74 Å². The maximum atomic E-state index is 5.37. The van der Waals surface area contributed by atoms with Crippen LogP contribution in [0.4, 0.5) is 5.95 Å². The van der Waals surface area contributed by atoms with Crippen molar-refractivity contribution in [1.82, 2.24) is 19.4 Å². The molecule has 1 saturated heterocycles. The van der Waals surface area contributed by atoms with Crippen LogP contribution >= 0.6 is 0 Å². The number of ether oxygens (including phenoxy) is 1. The lowest BCUT2D eigenvalue weighted by Gasteiger charge is -2.26. The number of aromatic nitrogens is 3. The Hall–Kier alpha value is -2.44. The first-order valence-corrected chi connectivity index (χ1v) is 8.34. The molecule has 1 aromatic carbocycles. The minimum absolute atomic E-state index is 0.665. The Kier molecular flexibility index (Phi) is 4.40. The summed E-state index contributed by atoms with van der Waals surface area (Å²) in [5, 5.41) is 4.53.